The lowest BCUT2D eigenvalue weighted by Gasteiger charge is -2.41. The Morgan fingerprint density at radius 3 is 2.64 bits per heavy atom. The van der Waals surface area contributed by atoms with Crippen LogP contribution in [0.3, 0.4) is 0 Å². The molecule has 7 N–H and O–H groups in total. The minimum absolute atomic E-state index is 0.00612. The molecule has 0 aromatic rings. The highest BCUT2D eigenvalue weighted by atomic mass is 32.2. The van der Waals surface area contributed by atoms with E-state index in [0.717, 1.165) is 57.9 Å². The molecule has 2 heterocycles. The van der Waals surface area contributed by atoms with Crippen molar-refractivity contribution < 1.29 is 22.8 Å². The summed E-state index contributed by atoms with van der Waals surface area (Å²) in [7, 11) is -3.17. The fourth-order valence-corrected chi connectivity index (χ4v) is 6.87. The van der Waals surface area contributed by atoms with Crippen LogP contribution in [0.5, 0.6) is 0 Å². The molecule has 206 valence electrons. The predicted molar refractivity (Wildman–Crippen MR) is 134 cm³/mol. The molecule has 2 saturated heterocycles. The number of sulfonamides is 1. The van der Waals surface area contributed by atoms with E-state index >= 15 is 0 Å². The summed E-state index contributed by atoms with van der Waals surface area (Å²) < 4.78 is 25.5. The highest BCUT2D eigenvalue weighted by molar-refractivity contribution is 7.88. The van der Waals surface area contributed by atoms with Crippen LogP contribution >= 0.6 is 0 Å². The highest BCUT2D eigenvalue weighted by Crippen LogP contribution is 2.33. The van der Waals surface area contributed by atoms with E-state index in [4.69, 9.17) is 4.84 Å². The van der Waals surface area contributed by atoms with Crippen LogP contribution in [0, 0.1) is 17.8 Å². The van der Waals surface area contributed by atoms with Crippen molar-refractivity contribution in [3.8, 4) is 0 Å². The van der Waals surface area contributed by atoms with E-state index in [1.807, 2.05) is 0 Å². The van der Waals surface area contributed by atoms with Gasteiger partial charge in [-0.25, -0.2) is 18.6 Å². The van der Waals surface area contributed by atoms with Crippen molar-refractivity contribution in [1.82, 2.24) is 37.0 Å². The molecule has 4 rings (SSSR count). The van der Waals surface area contributed by atoms with Crippen molar-refractivity contribution in [2.24, 2.45) is 17.8 Å². The van der Waals surface area contributed by atoms with Crippen LogP contribution in [0.25, 0.3) is 0 Å². The van der Waals surface area contributed by atoms with E-state index < -0.39 is 10.0 Å². The first-order valence-corrected chi connectivity index (χ1v) is 15.4. The molecular weight excluding hydrogens is 486 g/mol. The lowest BCUT2D eigenvalue weighted by Crippen LogP contribution is -2.64. The number of carbonyl (C=O) groups is 2. The summed E-state index contributed by atoms with van der Waals surface area (Å²) in [6, 6.07) is 0.0113. The molecule has 0 radical (unpaired) electrons. The van der Waals surface area contributed by atoms with Crippen molar-refractivity contribution in [3.63, 3.8) is 0 Å². The minimum atomic E-state index is -3.17. The average Bonchev–Trinajstić information content (AvgIpc) is 3.33. The second kappa shape index (κ2) is 12.9. The number of hydrazine groups is 1. The third-order valence-corrected chi connectivity index (χ3v) is 8.70. The molecular formula is C23H43N7O5S. The Hall–Kier alpha value is -1.35. The Labute approximate surface area is 214 Å². The molecule has 5 unspecified atom stereocenters. The molecule has 4 fully saturated rings. The Kier molecular flexibility index (Phi) is 9.95. The second-order valence-corrected chi connectivity index (χ2v) is 12.5. The van der Waals surface area contributed by atoms with Gasteiger partial charge in [-0.05, 0) is 63.8 Å². The zero-order valence-corrected chi connectivity index (χ0v) is 22.0. The lowest BCUT2D eigenvalue weighted by atomic mass is 9.76. The van der Waals surface area contributed by atoms with E-state index in [1.54, 1.807) is 0 Å². The molecule has 4 aliphatic rings. The predicted octanol–water partition coefficient (Wildman–Crippen LogP) is -0.486. The summed E-state index contributed by atoms with van der Waals surface area (Å²) in [4.78, 5) is 30.0. The Balaban J connectivity index is 1.04. The number of rotatable bonds is 11. The summed E-state index contributed by atoms with van der Waals surface area (Å²) >= 11 is 0. The number of carbonyl (C=O) groups excluding carboxylic acids is 2. The molecule has 2 aliphatic heterocycles. The average molecular weight is 530 g/mol. The largest absolute Gasteiger partial charge is 0.356 e. The van der Waals surface area contributed by atoms with Gasteiger partial charge in [0, 0.05) is 30.8 Å². The van der Waals surface area contributed by atoms with Crippen molar-refractivity contribution in [1.29, 1.82) is 0 Å². The first-order chi connectivity index (χ1) is 17.3. The van der Waals surface area contributed by atoms with Crippen LogP contribution in [-0.2, 0) is 24.4 Å². The molecule has 13 heteroatoms. The van der Waals surface area contributed by atoms with E-state index in [2.05, 4.69) is 37.0 Å². The zero-order chi connectivity index (χ0) is 25.5. The maximum Gasteiger partial charge on any atom is 0.237 e. The maximum atomic E-state index is 12.3. The molecule has 2 aliphatic carbocycles. The molecule has 0 aromatic carbocycles. The topological polar surface area (TPSA) is 162 Å². The molecule has 2 amide bonds. The van der Waals surface area contributed by atoms with E-state index in [-0.39, 0.29) is 42.3 Å². The second-order valence-electron chi connectivity index (χ2n) is 10.7. The van der Waals surface area contributed by atoms with Crippen molar-refractivity contribution in [2.75, 3.05) is 19.3 Å². The fourth-order valence-electron chi connectivity index (χ4n) is 6.03. The number of hydrogen-bond donors (Lipinski definition) is 7. The smallest absolute Gasteiger partial charge is 0.237 e. The summed E-state index contributed by atoms with van der Waals surface area (Å²) in [6.07, 6.45) is 10.6. The molecule has 2 saturated carbocycles. The van der Waals surface area contributed by atoms with Gasteiger partial charge in [-0.3, -0.25) is 25.2 Å². The molecule has 5 atom stereocenters. The number of amides is 2. The Bertz CT molecular complexity index is 852. The van der Waals surface area contributed by atoms with Crippen molar-refractivity contribution in [2.45, 2.75) is 95.2 Å². The SMILES string of the molecule is CS(=O)(=O)NC1CCC(C2NOC(CCC(=O)NCCCNC3NNC(=O)C4CCCCC34)N2)CC1. The lowest BCUT2D eigenvalue weighted by molar-refractivity contribution is -0.134. The van der Waals surface area contributed by atoms with E-state index in [0.29, 0.717) is 31.2 Å². The van der Waals surface area contributed by atoms with Crippen LogP contribution in [0.1, 0.15) is 70.6 Å². The normalized spacial score (nSPS) is 35.1. The summed E-state index contributed by atoms with van der Waals surface area (Å²) in [5.74, 6) is 0.917. The van der Waals surface area contributed by atoms with Gasteiger partial charge in [0.05, 0.1) is 18.6 Å². The first-order valence-electron chi connectivity index (χ1n) is 13.5. The molecule has 0 bridgehead atoms. The molecule has 12 nitrogen and oxygen atoms in total. The van der Waals surface area contributed by atoms with E-state index in [1.165, 1.54) is 12.7 Å². The molecule has 0 spiro atoms. The van der Waals surface area contributed by atoms with Crippen molar-refractivity contribution in [3.05, 3.63) is 0 Å². The van der Waals surface area contributed by atoms with Crippen LogP contribution in [0.4, 0.5) is 0 Å². The van der Waals surface area contributed by atoms with Gasteiger partial charge in [0.1, 0.15) is 6.23 Å². The van der Waals surface area contributed by atoms with Gasteiger partial charge in [-0.1, -0.05) is 12.8 Å². The summed E-state index contributed by atoms with van der Waals surface area (Å²) in [6.45, 7) is 1.36. The van der Waals surface area contributed by atoms with Crippen LogP contribution in [-0.4, -0.2) is 64.2 Å². The third kappa shape index (κ3) is 8.07. The molecule has 36 heavy (non-hydrogen) atoms. The number of hydroxylamine groups is 1. The first kappa shape index (κ1) is 27.7. The number of hydrogen-bond acceptors (Lipinski definition) is 9. The van der Waals surface area contributed by atoms with E-state index in [9.17, 15) is 18.0 Å². The zero-order valence-electron chi connectivity index (χ0n) is 21.2. The molecule has 0 aromatic heterocycles. The number of fused-ring (bicyclic) bond motifs is 1. The number of nitrogens with one attached hydrogen (secondary N) is 7. The summed E-state index contributed by atoms with van der Waals surface area (Å²) in [5, 5.41) is 9.89. The third-order valence-electron chi connectivity index (χ3n) is 7.94. The monoisotopic (exact) mass is 529 g/mol. The van der Waals surface area contributed by atoms with Crippen LogP contribution < -0.4 is 37.0 Å². The van der Waals surface area contributed by atoms with Gasteiger partial charge in [-0.15, -0.1) is 0 Å². The fraction of sp³-hybridized carbons (Fsp3) is 0.913. The maximum absolute atomic E-state index is 12.3. The Morgan fingerprint density at radius 1 is 1.08 bits per heavy atom. The quantitative estimate of drug-likeness (QED) is 0.175. The standard InChI is InChI=1S/C23H43N7O5S/c1-36(33,34)30-16-9-7-15(8-10-16)21-26-20(35-29-21)12-11-19(31)24-13-4-14-25-22-17-5-2-3-6-18(17)23(32)28-27-22/h15-18,20-22,25-27,29-30H,2-14H2,1H3,(H,24,31)(H,28,32). The summed E-state index contributed by atoms with van der Waals surface area (Å²) in [5.41, 5.74) is 8.96. The van der Waals surface area contributed by atoms with Gasteiger partial charge < -0.3 is 10.6 Å². The Morgan fingerprint density at radius 2 is 1.86 bits per heavy atom. The van der Waals surface area contributed by atoms with Gasteiger partial charge in [0.2, 0.25) is 21.8 Å². The van der Waals surface area contributed by atoms with Crippen LogP contribution in [0.15, 0.2) is 0 Å². The van der Waals surface area contributed by atoms with Crippen LogP contribution in [0.2, 0.25) is 0 Å². The highest BCUT2D eigenvalue weighted by Gasteiger charge is 2.39. The van der Waals surface area contributed by atoms with Crippen molar-refractivity contribution >= 4 is 21.8 Å². The van der Waals surface area contributed by atoms with Gasteiger partial charge in [0.25, 0.3) is 0 Å². The van der Waals surface area contributed by atoms with Gasteiger partial charge in [0.15, 0.2) is 0 Å². The minimum Gasteiger partial charge on any atom is -0.356 e. The van der Waals surface area contributed by atoms with Gasteiger partial charge >= 0.3 is 0 Å². The van der Waals surface area contributed by atoms with Gasteiger partial charge in [-0.2, -0.15) is 5.48 Å².